The average Bonchev–Trinajstić information content (AvgIpc) is 3.27. The fourth-order valence-corrected chi connectivity index (χ4v) is 4.06. The van der Waals surface area contributed by atoms with Crippen molar-refractivity contribution in [1.82, 2.24) is 14.7 Å². The molecular weight excluding hydrogens is 420 g/mol. The van der Waals surface area contributed by atoms with Gasteiger partial charge in [-0.15, -0.1) is 0 Å². The van der Waals surface area contributed by atoms with Gasteiger partial charge in [0.1, 0.15) is 22.8 Å². The fraction of sp³-hybridized carbons (Fsp3) is 0.320. The zero-order chi connectivity index (χ0) is 23.2. The van der Waals surface area contributed by atoms with Crippen LogP contribution in [-0.4, -0.2) is 45.2 Å². The Morgan fingerprint density at radius 2 is 1.94 bits per heavy atom. The zero-order valence-electron chi connectivity index (χ0n) is 18.9. The summed E-state index contributed by atoms with van der Waals surface area (Å²) in [6.45, 7) is 5.57. The highest BCUT2D eigenvalue weighted by molar-refractivity contribution is 6.04. The maximum absolute atomic E-state index is 12.9. The van der Waals surface area contributed by atoms with Crippen molar-refractivity contribution < 1.29 is 19.1 Å². The molecule has 1 fully saturated rings. The number of hydrogen-bond acceptors (Lipinski definition) is 5. The van der Waals surface area contributed by atoms with Crippen LogP contribution in [0.5, 0.6) is 17.2 Å². The van der Waals surface area contributed by atoms with Crippen LogP contribution in [-0.2, 0) is 13.5 Å². The molecule has 0 unspecified atom stereocenters. The Balaban J connectivity index is 1.45. The number of anilines is 1. The molecule has 0 saturated carbocycles. The van der Waals surface area contributed by atoms with Crippen LogP contribution >= 0.6 is 0 Å². The fourth-order valence-electron chi connectivity index (χ4n) is 4.06. The number of carbonyl (C=O) groups excluding carboxylic acids is 2. The van der Waals surface area contributed by atoms with Crippen molar-refractivity contribution in [3.8, 4) is 17.2 Å². The smallest absolute Gasteiger partial charge is 0.257 e. The molecule has 1 N–H and O–H groups in total. The van der Waals surface area contributed by atoms with Crippen molar-refractivity contribution in [2.24, 2.45) is 7.05 Å². The summed E-state index contributed by atoms with van der Waals surface area (Å²) in [6.07, 6.45) is 3.44. The Kier molecular flexibility index (Phi) is 5.08. The monoisotopic (exact) mass is 446 g/mol. The molecule has 2 aromatic carbocycles. The summed E-state index contributed by atoms with van der Waals surface area (Å²) < 4.78 is 13.9. The highest BCUT2D eigenvalue weighted by atomic mass is 16.5. The molecule has 0 spiro atoms. The quantitative estimate of drug-likeness (QED) is 0.640. The number of fused-ring (bicyclic) bond motifs is 1. The minimum atomic E-state index is -0.411. The number of aryl methyl sites for hydroxylation is 1. The minimum Gasteiger partial charge on any atom is -0.487 e. The molecule has 3 aromatic rings. The van der Waals surface area contributed by atoms with Crippen molar-refractivity contribution in [3.63, 3.8) is 0 Å². The van der Waals surface area contributed by atoms with E-state index in [1.807, 2.05) is 18.7 Å². The largest absolute Gasteiger partial charge is 0.487 e. The molecular formula is C25H26N4O4. The lowest BCUT2D eigenvalue weighted by atomic mass is 9.99. The zero-order valence-corrected chi connectivity index (χ0v) is 18.9. The Morgan fingerprint density at radius 3 is 2.64 bits per heavy atom. The summed E-state index contributed by atoms with van der Waals surface area (Å²) in [4.78, 5) is 27.4. The topological polar surface area (TPSA) is 85.7 Å². The van der Waals surface area contributed by atoms with E-state index in [1.54, 1.807) is 60.4 Å². The molecule has 2 aliphatic heterocycles. The first-order valence-corrected chi connectivity index (χ1v) is 11.0. The van der Waals surface area contributed by atoms with Crippen molar-refractivity contribution in [2.45, 2.75) is 32.3 Å². The van der Waals surface area contributed by atoms with Crippen LogP contribution in [0, 0.1) is 0 Å². The van der Waals surface area contributed by atoms with Crippen molar-refractivity contribution in [3.05, 3.63) is 65.4 Å². The SMILES string of the molecule is Cn1ccc(NC(=O)c2cc(Oc3cccc(C(=O)N4CCC4)c3)c3c(c2)OC(C)(C)C3)n1. The van der Waals surface area contributed by atoms with Crippen LogP contribution in [0.1, 0.15) is 46.5 Å². The number of rotatable bonds is 5. The van der Waals surface area contributed by atoms with E-state index in [1.165, 1.54) is 0 Å². The van der Waals surface area contributed by atoms with Gasteiger partial charge in [0, 0.05) is 55.5 Å². The molecule has 2 aliphatic rings. The molecule has 1 saturated heterocycles. The number of ether oxygens (including phenoxy) is 2. The summed E-state index contributed by atoms with van der Waals surface area (Å²) in [5, 5.41) is 7.00. The lowest BCUT2D eigenvalue weighted by Crippen LogP contribution is -2.41. The lowest BCUT2D eigenvalue weighted by molar-refractivity contribution is 0.0651. The average molecular weight is 447 g/mol. The van der Waals surface area contributed by atoms with Gasteiger partial charge in [-0.25, -0.2) is 0 Å². The first-order valence-electron chi connectivity index (χ1n) is 11.0. The van der Waals surface area contributed by atoms with Crippen LogP contribution in [0.2, 0.25) is 0 Å². The third kappa shape index (κ3) is 4.28. The minimum absolute atomic E-state index is 0.00452. The van der Waals surface area contributed by atoms with E-state index in [0.29, 0.717) is 40.6 Å². The van der Waals surface area contributed by atoms with Gasteiger partial charge in [0.25, 0.3) is 11.8 Å². The maximum Gasteiger partial charge on any atom is 0.257 e. The van der Waals surface area contributed by atoms with Gasteiger partial charge in [-0.3, -0.25) is 14.3 Å². The van der Waals surface area contributed by atoms with Gasteiger partial charge in [0.15, 0.2) is 5.82 Å². The summed E-state index contributed by atoms with van der Waals surface area (Å²) in [6, 6.07) is 12.3. The Labute approximate surface area is 192 Å². The Bertz CT molecular complexity index is 1240. The standard InChI is InChI=1S/C25H26N4O4/c1-25(2)15-19-20(32-18-7-4-6-16(12-18)24(31)29-9-5-10-29)13-17(14-21(19)33-25)23(30)26-22-8-11-28(3)27-22/h4,6-8,11-14H,5,9-10,15H2,1-3H3,(H,26,27,30). The number of nitrogens with one attached hydrogen (secondary N) is 1. The normalized spacial score (nSPS) is 15.9. The van der Waals surface area contributed by atoms with Gasteiger partial charge in [0.05, 0.1) is 0 Å². The predicted molar refractivity (Wildman–Crippen MR) is 123 cm³/mol. The number of hydrogen-bond donors (Lipinski definition) is 1. The van der Waals surface area contributed by atoms with E-state index in [-0.39, 0.29) is 11.8 Å². The number of nitrogens with zero attached hydrogens (tertiary/aromatic N) is 3. The van der Waals surface area contributed by atoms with E-state index in [9.17, 15) is 9.59 Å². The first-order chi connectivity index (χ1) is 15.8. The molecule has 3 heterocycles. The van der Waals surface area contributed by atoms with Crippen molar-refractivity contribution in [1.29, 1.82) is 0 Å². The van der Waals surface area contributed by atoms with E-state index in [4.69, 9.17) is 9.47 Å². The molecule has 170 valence electrons. The molecule has 2 amide bonds. The van der Waals surface area contributed by atoms with E-state index >= 15 is 0 Å². The second-order valence-electron chi connectivity index (χ2n) is 9.09. The number of benzene rings is 2. The number of amides is 2. The first kappa shape index (κ1) is 21.1. The molecule has 0 radical (unpaired) electrons. The molecule has 33 heavy (non-hydrogen) atoms. The summed E-state index contributed by atoms with van der Waals surface area (Å²) >= 11 is 0. The van der Waals surface area contributed by atoms with Crippen LogP contribution in [0.15, 0.2) is 48.7 Å². The van der Waals surface area contributed by atoms with Crippen molar-refractivity contribution in [2.75, 3.05) is 18.4 Å². The van der Waals surface area contributed by atoms with Crippen LogP contribution in [0.4, 0.5) is 5.82 Å². The van der Waals surface area contributed by atoms with Crippen LogP contribution < -0.4 is 14.8 Å². The third-order valence-corrected chi connectivity index (χ3v) is 5.83. The van der Waals surface area contributed by atoms with Gasteiger partial charge >= 0.3 is 0 Å². The molecule has 5 rings (SSSR count). The number of aromatic nitrogens is 2. The molecule has 1 aromatic heterocycles. The van der Waals surface area contributed by atoms with E-state index < -0.39 is 5.60 Å². The van der Waals surface area contributed by atoms with Gasteiger partial charge in [-0.05, 0) is 50.6 Å². The number of likely N-dealkylation sites (tertiary alicyclic amines) is 1. The Morgan fingerprint density at radius 1 is 1.12 bits per heavy atom. The highest BCUT2D eigenvalue weighted by Crippen LogP contribution is 2.43. The predicted octanol–water partition coefficient (Wildman–Crippen LogP) is 4.02. The van der Waals surface area contributed by atoms with Gasteiger partial charge < -0.3 is 19.7 Å². The van der Waals surface area contributed by atoms with Gasteiger partial charge in [-0.1, -0.05) is 6.07 Å². The second-order valence-corrected chi connectivity index (χ2v) is 9.09. The molecule has 8 heteroatoms. The lowest BCUT2D eigenvalue weighted by Gasteiger charge is -2.30. The molecule has 0 atom stereocenters. The van der Waals surface area contributed by atoms with Gasteiger partial charge in [0.2, 0.25) is 0 Å². The van der Waals surface area contributed by atoms with Crippen LogP contribution in [0.25, 0.3) is 0 Å². The third-order valence-electron chi connectivity index (χ3n) is 5.83. The van der Waals surface area contributed by atoms with E-state index in [0.717, 1.165) is 25.1 Å². The highest BCUT2D eigenvalue weighted by Gasteiger charge is 2.34. The summed E-state index contributed by atoms with van der Waals surface area (Å²) in [5.74, 6) is 1.86. The Hall–Kier alpha value is -3.81. The number of carbonyl (C=O) groups is 2. The molecule has 0 bridgehead atoms. The van der Waals surface area contributed by atoms with E-state index in [2.05, 4.69) is 10.4 Å². The van der Waals surface area contributed by atoms with Crippen molar-refractivity contribution >= 4 is 17.6 Å². The molecule has 8 nitrogen and oxygen atoms in total. The second kappa shape index (κ2) is 7.95. The summed E-state index contributed by atoms with van der Waals surface area (Å²) in [5.41, 5.74) is 1.48. The van der Waals surface area contributed by atoms with Crippen LogP contribution in [0.3, 0.4) is 0 Å². The molecule has 0 aliphatic carbocycles. The summed E-state index contributed by atoms with van der Waals surface area (Å²) in [7, 11) is 1.79. The van der Waals surface area contributed by atoms with Gasteiger partial charge in [-0.2, -0.15) is 5.10 Å². The maximum atomic E-state index is 12.9.